The minimum Gasteiger partial charge on any atom is -0.496 e. The van der Waals surface area contributed by atoms with Gasteiger partial charge in [-0.25, -0.2) is 0 Å². The molecule has 0 bridgehead atoms. The molecular formula is C16H15BrO3. The van der Waals surface area contributed by atoms with E-state index in [2.05, 4.69) is 35.0 Å². The second kappa shape index (κ2) is 5.37. The molecule has 0 spiro atoms. The van der Waals surface area contributed by atoms with E-state index in [4.69, 9.17) is 14.2 Å². The van der Waals surface area contributed by atoms with Crippen LogP contribution in [0.1, 0.15) is 24.0 Å². The molecule has 3 nitrogen and oxygen atoms in total. The van der Waals surface area contributed by atoms with Gasteiger partial charge in [-0.2, -0.15) is 0 Å². The molecule has 1 heterocycles. The average molecular weight is 335 g/mol. The van der Waals surface area contributed by atoms with E-state index in [0.717, 1.165) is 27.3 Å². The highest BCUT2D eigenvalue weighted by molar-refractivity contribution is 9.10. The molecule has 0 saturated carbocycles. The lowest BCUT2D eigenvalue weighted by atomic mass is 9.92. The van der Waals surface area contributed by atoms with Crippen molar-refractivity contribution in [3.05, 3.63) is 52.0 Å². The van der Waals surface area contributed by atoms with Crippen molar-refractivity contribution in [1.82, 2.24) is 0 Å². The van der Waals surface area contributed by atoms with Gasteiger partial charge in [0.05, 0.1) is 7.11 Å². The van der Waals surface area contributed by atoms with Crippen LogP contribution >= 0.6 is 15.9 Å². The molecule has 0 saturated heterocycles. The van der Waals surface area contributed by atoms with E-state index in [1.807, 2.05) is 24.3 Å². The van der Waals surface area contributed by atoms with Gasteiger partial charge in [-0.1, -0.05) is 35.0 Å². The van der Waals surface area contributed by atoms with E-state index < -0.39 is 0 Å². The van der Waals surface area contributed by atoms with Gasteiger partial charge in [-0.3, -0.25) is 0 Å². The van der Waals surface area contributed by atoms with Crippen molar-refractivity contribution in [3.63, 3.8) is 0 Å². The zero-order valence-electron chi connectivity index (χ0n) is 11.4. The third kappa shape index (κ3) is 2.36. The maximum atomic E-state index is 5.49. The van der Waals surface area contributed by atoms with Crippen LogP contribution in [0.3, 0.4) is 0 Å². The molecule has 1 atom stereocenters. The number of methoxy groups -OCH3 is 1. The molecule has 3 rings (SSSR count). The summed E-state index contributed by atoms with van der Waals surface area (Å²) in [6.45, 7) is 2.43. The van der Waals surface area contributed by atoms with Crippen molar-refractivity contribution < 1.29 is 14.2 Å². The van der Waals surface area contributed by atoms with E-state index in [-0.39, 0.29) is 12.7 Å². The van der Waals surface area contributed by atoms with Crippen LogP contribution in [0.15, 0.2) is 40.9 Å². The van der Waals surface area contributed by atoms with E-state index in [0.29, 0.717) is 0 Å². The topological polar surface area (TPSA) is 27.7 Å². The van der Waals surface area contributed by atoms with Crippen LogP contribution in [0.4, 0.5) is 0 Å². The summed E-state index contributed by atoms with van der Waals surface area (Å²) in [6.07, 6.45) is 0. The summed E-state index contributed by atoms with van der Waals surface area (Å²) in [5.74, 6) is 2.57. The van der Waals surface area contributed by atoms with E-state index in [9.17, 15) is 0 Å². The monoisotopic (exact) mass is 334 g/mol. The van der Waals surface area contributed by atoms with Gasteiger partial charge in [0.15, 0.2) is 11.5 Å². The minimum absolute atomic E-state index is 0.215. The molecule has 1 aliphatic heterocycles. The van der Waals surface area contributed by atoms with Gasteiger partial charge in [-0.15, -0.1) is 0 Å². The maximum Gasteiger partial charge on any atom is 0.231 e. The third-order valence-electron chi connectivity index (χ3n) is 3.56. The first-order valence-electron chi connectivity index (χ1n) is 6.42. The average Bonchev–Trinajstić information content (AvgIpc) is 2.93. The van der Waals surface area contributed by atoms with Crippen molar-refractivity contribution in [2.75, 3.05) is 13.9 Å². The van der Waals surface area contributed by atoms with E-state index in [1.54, 1.807) is 7.11 Å². The Morgan fingerprint density at radius 3 is 2.40 bits per heavy atom. The van der Waals surface area contributed by atoms with Gasteiger partial charge in [0, 0.05) is 22.0 Å². The first-order chi connectivity index (χ1) is 9.69. The minimum atomic E-state index is 0.215. The van der Waals surface area contributed by atoms with Crippen LogP contribution in [-0.2, 0) is 0 Å². The van der Waals surface area contributed by atoms with Crippen molar-refractivity contribution in [3.8, 4) is 17.2 Å². The molecule has 0 fully saturated rings. The predicted molar refractivity (Wildman–Crippen MR) is 80.8 cm³/mol. The largest absolute Gasteiger partial charge is 0.496 e. The summed E-state index contributed by atoms with van der Waals surface area (Å²) in [4.78, 5) is 0. The van der Waals surface area contributed by atoms with Gasteiger partial charge < -0.3 is 14.2 Å². The lowest BCUT2D eigenvalue weighted by Gasteiger charge is -2.17. The number of halogens is 1. The molecule has 0 aliphatic carbocycles. The molecule has 0 unspecified atom stereocenters. The smallest absolute Gasteiger partial charge is 0.231 e. The van der Waals surface area contributed by atoms with Crippen LogP contribution in [0, 0.1) is 0 Å². The predicted octanol–water partition coefficient (Wildman–Crippen LogP) is 4.34. The first-order valence-corrected chi connectivity index (χ1v) is 7.21. The SMILES string of the molecule is COc1cc2c(cc1[C@@H](C)c1ccc(Br)cc1)OCO2. The third-order valence-corrected chi connectivity index (χ3v) is 4.09. The van der Waals surface area contributed by atoms with Crippen molar-refractivity contribution in [2.24, 2.45) is 0 Å². The van der Waals surface area contributed by atoms with Crippen LogP contribution in [0.2, 0.25) is 0 Å². The summed E-state index contributed by atoms with van der Waals surface area (Å²) >= 11 is 3.46. The Labute approximate surface area is 126 Å². The van der Waals surface area contributed by atoms with E-state index >= 15 is 0 Å². The van der Waals surface area contributed by atoms with Crippen molar-refractivity contribution >= 4 is 15.9 Å². The fraction of sp³-hybridized carbons (Fsp3) is 0.250. The molecule has 2 aromatic carbocycles. The fourth-order valence-corrected chi connectivity index (χ4v) is 2.65. The number of ether oxygens (including phenoxy) is 3. The van der Waals surface area contributed by atoms with E-state index in [1.165, 1.54) is 5.56 Å². The first kappa shape index (κ1) is 13.3. The molecule has 20 heavy (non-hydrogen) atoms. The lowest BCUT2D eigenvalue weighted by Crippen LogP contribution is -1.99. The fourth-order valence-electron chi connectivity index (χ4n) is 2.39. The van der Waals surface area contributed by atoms with Crippen LogP contribution in [0.5, 0.6) is 17.2 Å². The summed E-state index contributed by atoms with van der Waals surface area (Å²) in [7, 11) is 1.68. The quantitative estimate of drug-likeness (QED) is 0.835. The second-order valence-electron chi connectivity index (χ2n) is 4.72. The van der Waals surface area contributed by atoms with Crippen molar-refractivity contribution in [1.29, 1.82) is 0 Å². The summed E-state index contributed by atoms with van der Waals surface area (Å²) in [5, 5.41) is 0. The highest BCUT2D eigenvalue weighted by Crippen LogP contribution is 2.42. The lowest BCUT2D eigenvalue weighted by molar-refractivity contribution is 0.174. The standard InChI is InChI=1S/C16H15BrO3/c1-10(11-3-5-12(17)6-4-11)13-7-15-16(20-9-19-15)8-14(13)18-2/h3-8,10H,9H2,1-2H3/t10-/m0/s1. The van der Waals surface area contributed by atoms with Gasteiger partial charge >= 0.3 is 0 Å². The van der Waals surface area contributed by atoms with Crippen LogP contribution in [-0.4, -0.2) is 13.9 Å². The van der Waals surface area contributed by atoms with Gasteiger partial charge in [0.25, 0.3) is 0 Å². The highest BCUT2D eigenvalue weighted by atomic mass is 79.9. The Hall–Kier alpha value is -1.68. The number of rotatable bonds is 3. The molecule has 0 amide bonds. The molecular weight excluding hydrogens is 320 g/mol. The zero-order valence-corrected chi connectivity index (χ0v) is 12.9. The Kier molecular flexibility index (Phi) is 3.57. The van der Waals surface area contributed by atoms with Gasteiger partial charge in [0.2, 0.25) is 6.79 Å². The molecule has 0 radical (unpaired) electrons. The Balaban J connectivity index is 2.02. The summed E-state index contributed by atoms with van der Waals surface area (Å²) in [5.41, 5.74) is 2.32. The molecule has 2 aromatic rings. The normalized spacial score (nSPS) is 14.2. The number of benzene rings is 2. The summed E-state index contributed by atoms with van der Waals surface area (Å²) in [6, 6.07) is 12.2. The highest BCUT2D eigenvalue weighted by Gasteiger charge is 2.21. The van der Waals surface area contributed by atoms with Gasteiger partial charge in [0.1, 0.15) is 5.75 Å². The van der Waals surface area contributed by atoms with Gasteiger partial charge in [-0.05, 0) is 23.8 Å². The molecule has 104 valence electrons. The Morgan fingerprint density at radius 2 is 1.75 bits per heavy atom. The Morgan fingerprint density at radius 1 is 1.10 bits per heavy atom. The zero-order chi connectivity index (χ0) is 14.1. The number of fused-ring (bicyclic) bond motifs is 1. The Bertz CT molecular complexity index is 622. The molecule has 4 heteroatoms. The molecule has 0 aromatic heterocycles. The maximum absolute atomic E-state index is 5.49. The van der Waals surface area contributed by atoms with Crippen LogP contribution < -0.4 is 14.2 Å². The number of hydrogen-bond acceptors (Lipinski definition) is 3. The van der Waals surface area contributed by atoms with Crippen LogP contribution in [0.25, 0.3) is 0 Å². The molecule has 1 aliphatic rings. The second-order valence-corrected chi connectivity index (χ2v) is 5.64. The summed E-state index contributed by atoms with van der Waals surface area (Å²) < 4.78 is 17.4. The van der Waals surface area contributed by atoms with Crippen molar-refractivity contribution in [2.45, 2.75) is 12.8 Å². The number of hydrogen-bond donors (Lipinski definition) is 0. The molecule has 0 N–H and O–H groups in total.